The van der Waals surface area contributed by atoms with Gasteiger partial charge in [0.15, 0.2) is 5.82 Å². The molecule has 13 nitrogen and oxygen atoms in total. The van der Waals surface area contributed by atoms with E-state index in [1.807, 2.05) is 12.1 Å². The summed E-state index contributed by atoms with van der Waals surface area (Å²) in [7, 11) is 0. The number of aromatic nitrogens is 9. The second-order valence-electron chi connectivity index (χ2n) is 37.2. The number of rotatable bonds is 33. The number of nitrogens with zero attached hydrogens (tertiary/aromatic N) is 10. The lowest BCUT2D eigenvalue weighted by atomic mass is 9.89. The second kappa shape index (κ2) is 38.4. The fraction of sp³-hybridized carbons (Fsp3) is 0.520. The summed E-state index contributed by atoms with van der Waals surface area (Å²) in [5.74, 6) is 6.90. The zero-order valence-electron chi connectivity index (χ0n) is 71.2. The van der Waals surface area contributed by atoms with Gasteiger partial charge in [0.05, 0.1) is 44.5 Å². The highest BCUT2D eigenvalue weighted by atomic mass is 15.2. The molecule has 0 spiro atoms. The molecular formula is C100H135N13. The van der Waals surface area contributed by atoms with Gasteiger partial charge in [0, 0.05) is 80.2 Å². The van der Waals surface area contributed by atoms with Gasteiger partial charge in [-0.1, -0.05) is 273 Å². The smallest absolute Gasteiger partial charge is 0.152 e. The number of nitrogen functional groups attached to an aromatic ring is 1. The molecule has 15 rings (SSSR count). The number of nitrogens with two attached hydrogens (primary N) is 1. The third-order valence-corrected chi connectivity index (χ3v) is 24.0. The van der Waals surface area contributed by atoms with Gasteiger partial charge in [-0.05, 0) is 178 Å². The zero-order chi connectivity index (χ0) is 79.1. The summed E-state index contributed by atoms with van der Waals surface area (Å²) in [5.41, 5.74) is 26.8. The lowest BCUT2D eigenvalue weighted by molar-refractivity contribution is 0.118. The van der Waals surface area contributed by atoms with E-state index in [0.29, 0.717) is 5.82 Å². The third kappa shape index (κ3) is 22.2. The normalized spacial score (nSPS) is 14.6. The number of aryl methyl sites for hydroxylation is 3. The van der Waals surface area contributed by atoms with Crippen molar-refractivity contribution in [1.29, 1.82) is 0 Å². The average Bonchev–Trinajstić information content (AvgIpc) is 1.64. The molecule has 13 heteroatoms. The highest BCUT2D eigenvalue weighted by Crippen LogP contribution is 2.38. The fourth-order valence-electron chi connectivity index (χ4n) is 17.5. The summed E-state index contributed by atoms with van der Waals surface area (Å²) in [6, 6.07) is 53.1. The highest BCUT2D eigenvalue weighted by Gasteiger charge is 2.28. The summed E-state index contributed by atoms with van der Waals surface area (Å²) >= 11 is 0. The van der Waals surface area contributed by atoms with Crippen LogP contribution in [-0.2, 0) is 71.4 Å². The van der Waals surface area contributed by atoms with Crippen LogP contribution < -0.4 is 16.4 Å². The summed E-state index contributed by atoms with van der Waals surface area (Å²) in [6.45, 7) is 36.3. The van der Waals surface area contributed by atoms with Gasteiger partial charge in [-0.3, -0.25) is 14.9 Å². The molecule has 0 atom stereocenters. The van der Waals surface area contributed by atoms with Crippen LogP contribution in [-0.4, -0.2) is 73.7 Å². The Bertz CT molecular complexity index is 5020. The minimum Gasteiger partial charge on any atom is -0.382 e. The molecule has 6 aromatic heterocycles. The third-order valence-electron chi connectivity index (χ3n) is 24.0. The summed E-state index contributed by atoms with van der Waals surface area (Å²) in [5, 5.41) is 10.8. The number of hydrogen-bond donors (Lipinski definition) is 3. The molecule has 113 heavy (non-hydrogen) atoms. The summed E-state index contributed by atoms with van der Waals surface area (Å²) < 4.78 is 7.34. The zero-order valence-corrected chi connectivity index (χ0v) is 71.2. The van der Waals surface area contributed by atoms with Crippen molar-refractivity contribution in [2.45, 2.75) is 288 Å². The van der Waals surface area contributed by atoms with Crippen molar-refractivity contribution in [1.82, 2.24) is 59.1 Å². The van der Waals surface area contributed by atoms with Crippen LogP contribution in [0.2, 0.25) is 0 Å². The van der Waals surface area contributed by atoms with Crippen LogP contribution in [0.3, 0.4) is 0 Å². The van der Waals surface area contributed by atoms with Gasteiger partial charge in [0.25, 0.3) is 0 Å². The molecule has 3 saturated carbocycles. The van der Waals surface area contributed by atoms with Gasteiger partial charge >= 0.3 is 0 Å². The Labute approximate surface area is 677 Å². The molecule has 0 amide bonds. The Morgan fingerprint density at radius 1 is 0.389 bits per heavy atom. The monoisotopic (exact) mass is 1520 g/mol. The quantitative estimate of drug-likeness (QED) is 0.0340. The molecule has 12 aromatic rings. The van der Waals surface area contributed by atoms with Crippen molar-refractivity contribution >= 4 is 71.6 Å². The van der Waals surface area contributed by atoms with E-state index in [1.165, 1.54) is 176 Å². The van der Waals surface area contributed by atoms with Crippen molar-refractivity contribution in [2.75, 3.05) is 25.4 Å². The lowest BCUT2D eigenvalue weighted by Gasteiger charge is -2.36. The number of unbranched alkanes of at least 4 members (excludes halogenated alkanes) is 3. The van der Waals surface area contributed by atoms with Crippen LogP contribution in [0, 0.1) is 28.6 Å². The first-order valence-electron chi connectivity index (χ1n) is 44.1. The van der Waals surface area contributed by atoms with Crippen molar-refractivity contribution in [3.05, 3.63) is 208 Å². The van der Waals surface area contributed by atoms with Crippen LogP contribution in [0.1, 0.15) is 274 Å². The number of imidazole rings is 3. The van der Waals surface area contributed by atoms with E-state index in [-0.39, 0.29) is 16.4 Å². The topological polar surface area (TPSA) is 145 Å². The van der Waals surface area contributed by atoms with Crippen molar-refractivity contribution in [2.24, 2.45) is 28.6 Å². The Hall–Kier alpha value is -8.36. The molecule has 0 bridgehead atoms. The molecule has 3 aliphatic carbocycles. The SMILES string of the molecule is CCCCc1nc2c(CC(C)(C)C)nc3ccccc3c2n1Cc1ccc(CNCCC2CCCC2)cc1.CCCCc1nc2c(CC(C)(C)C)nc3ccccc3c2n1Cc1ccc(CNCCCC2CC2)cc1.CCCCc1nc2c(N)nc3ccccc3c2n1Cc1ccc(CN(CCC2CCCC2)C(C)(C)C)cc1. The molecule has 0 aliphatic heterocycles. The van der Waals surface area contributed by atoms with Gasteiger partial charge in [-0.15, -0.1) is 0 Å². The van der Waals surface area contributed by atoms with E-state index in [4.69, 9.17) is 30.7 Å². The van der Waals surface area contributed by atoms with Gasteiger partial charge in [0.1, 0.15) is 34.0 Å². The van der Waals surface area contributed by atoms with Gasteiger partial charge in [-0.25, -0.2) is 19.9 Å². The molecule has 600 valence electrons. The number of hydrogen-bond acceptors (Lipinski definition) is 10. The van der Waals surface area contributed by atoms with Gasteiger partial charge in [0.2, 0.25) is 0 Å². The first-order chi connectivity index (χ1) is 54.6. The number of nitrogens with one attached hydrogen (secondary N) is 2. The van der Waals surface area contributed by atoms with Crippen LogP contribution in [0.25, 0.3) is 65.8 Å². The largest absolute Gasteiger partial charge is 0.382 e. The Morgan fingerprint density at radius 2 is 0.752 bits per heavy atom. The first-order valence-corrected chi connectivity index (χ1v) is 44.1. The molecule has 6 aromatic carbocycles. The van der Waals surface area contributed by atoms with E-state index in [9.17, 15) is 0 Å². The van der Waals surface area contributed by atoms with Gasteiger partial charge < -0.3 is 30.1 Å². The van der Waals surface area contributed by atoms with Gasteiger partial charge in [-0.2, -0.15) is 0 Å². The maximum atomic E-state index is 6.40. The van der Waals surface area contributed by atoms with E-state index in [2.05, 4.69) is 251 Å². The molecule has 6 heterocycles. The van der Waals surface area contributed by atoms with Crippen molar-refractivity contribution in [3.8, 4) is 0 Å². The number of fused-ring (bicyclic) bond motifs is 9. The van der Waals surface area contributed by atoms with Crippen molar-refractivity contribution < 1.29 is 0 Å². The standard InChI is InChI=1S/C34H46N4.C33H45N5.C33H44N4/c1-5-6-15-31-37-32-30(22-34(2,3)4)36-29-14-10-9-13-28(29)33(32)38(31)24-27-18-16-26(17-19-27)23-35-21-20-25-11-7-8-12-25;1-5-6-15-29-36-30-31(27-13-9-10-14-28(27)35-32(30)34)38(29)23-26-18-16-25(17-19-26)22-37(33(2,3)4)21-20-24-11-7-8-12-24;1-5-6-13-30-36-31-29(21-33(2,3)4)35-28-12-8-7-11-27(28)32(31)37(30)23-26-18-16-25(17-19-26)22-34-20-9-10-24-14-15-24/h9-10,13-14,16-19,25,35H,5-8,11-12,15,20-24H2,1-4H3;9-10,13-14,16-19,24H,5-8,11-12,15,20-23H2,1-4H3,(H2,34,35);7-8,11-12,16-19,24,34H,5-6,9-10,13-15,20-23H2,1-4H3. The Balaban J connectivity index is 0.000000148. The highest BCUT2D eigenvalue weighted by molar-refractivity contribution is 6.07. The molecule has 3 aliphatic rings. The fourth-order valence-corrected chi connectivity index (χ4v) is 17.5. The Kier molecular flexibility index (Phi) is 28.1. The molecule has 0 unspecified atom stereocenters. The number of benzene rings is 6. The molecular weight excluding hydrogens is 1380 g/mol. The first kappa shape index (κ1) is 82.6. The predicted molar refractivity (Wildman–Crippen MR) is 477 cm³/mol. The van der Waals surface area contributed by atoms with Crippen molar-refractivity contribution in [3.63, 3.8) is 0 Å². The lowest BCUT2D eigenvalue weighted by Crippen LogP contribution is -2.41. The summed E-state index contributed by atoms with van der Waals surface area (Å²) in [6.07, 6.45) is 31.3. The van der Waals surface area contributed by atoms with E-state index < -0.39 is 0 Å². The maximum absolute atomic E-state index is 6.40. The van der Waals surface area contributed by atoms with Crippen LogP contribution in [0.4, 0.5) is 5.82 Å². The molecule has 0 radical (unpaired) electrons. The molecule has 3 fully saturated rings. The van der Waals surface area contributed by atoms with E-state index >= 15 is 0 Å². The molecule has 4 N–H and O–H groups in total. The van der Waals surface area contributed by atoms with Crippen LogP contribution >= 0.6 is 0 Å². The number of para-hydroxylation sites is 3. The number of pyridine rings is 3. The number of anilines is 1. The Morgan fingerprint density at radius 3 is 1.16 bits per heavy atom. The minimum atomic E-state index is 0.150. The maximum Gasteiger partial charge on any atom is 0.152 e. The molecule has 0 saturated heterocycles. The van der Waals surface area contributed by atoms with Crippen LogP contribution in [0.5, 0.6) is 0 Å². The average molecular weight is 1520 g/mol. The predicted octanol–water partition coefficient (Wildman–Crippen LogP) is 23.8. The summed E-state index contributed by atoms with van der Waals surface area (Å²) in [4.78, 5) is 33.1. The minimum absolute atomic E-state index is 0.150. The van der Waals surface area contributed by atoms with Crippen LogP contribution in [0.15, 0.2) is 146 Å². The van der Waals surface area contributed by atoms with E-state index in [0.717, 1.165) is 189 Å². The second-order valence-corrected chi connectivity index (χ2v) is 37.2. The van der Waals surface area contributed by atoms with E-state index in [1.54, 1.807) is 0 Å².